The maximum Gasteiger partial charge on any atom is 0.223 e. The number of nitrogens with zero attached hydrogens (tertiary/aromatic N) is 1. The third-order valence-electron chi connectivity index (χ3n) is 4.73. The quantitative estimate of drug-likeness (QED) is 0.231. The third-order valence-corrected chi connectivity index (χ3v) is 4.73. The molecule has 8 heteroatoms. The Hall–Kier alpha value is -1.71. The van der Waals surface area contributed by atoms with Crippen LogP contribution in [0, 0.1) is 5.92 Å². The minimum absolute atomic E-state index is 0. The molecule has 28 heavy (non-hydrogen) atoms. The van der Waals surface area contributed by atoms with Crippen LogP contribution >= 0.6 is 24.0 Å². The van der Waals surface area contributed by atoms with Crippen LogP contribution in [-0.2, 0) is 4.79 Å². The molecule has 156 valence electrons. The largest absolute Gasteiger partial charge is 0.490 e. The van der Waals surface area contributed by atoms with Gasteiger partial charge in [-0.25, -0.2) is 0 Å². The Labute approximate surface area is 184 Å². The zero-order chi connectivity index (χ0) is 18.9. The minimum atomic E-state index is 0. The Balaban J connectivity index is 0.00000280. The number of ether oxygens (including phenoxy) is 2. The van der Waals surface area contributed by atoms with Crippen LogP contribution in [-0.4, -0.2) is 44.7 Å². The molecular formula is C20H31IN4O3. The molecule has 1 amide bonds. The highest BCUT2D eigenvalue weighted by molar-refractivity contribution is 14.0. The number of carbonyl (C=O) groups is 1. The van der Waals surface area contributed by atoms with E-state index in [-0.39, 0.29) is 35.8 Å². The number of rotatable bonds is 7. The van der Waals surface area contributed by atoms with Crippen molar-refractivity contribution in [3.63, 3.8) is 0 Å². The van der Waals surface area contributed by atoms with Crippen molar-refractivity contribution in [1.82, 2.24) is 10.6 Å². The predicted molar refractivity (Wildman–Crippen MR) is 122 cm³/mol. The molecule has 0 unspecified atom stereocenters. The van der Waals surface area contributed by atoms with Crippen LogP contribution in [0.15, 0.2) is 23.2 Å². The third kappa shape index (κ3) is 6.72. The first-order valence-corrected chi connectivity index (χ1v) is 9.99. The summed E-state index contributed by atoms with van der Waals surface area (Å²) in [5, 5.41) is 9.54. The van der Waals surface area contributed by atoms with Crippen LogP contribution in [0.5, 0.6) is 11.5 Å². The number of hydrogen-bond acceptors (Lipinski definition) is 4. The van der Waals surface area contributed by atoms with Crippen LogP contribution in [0.3, 0.4) is 0 Å². The van der Waals surface area contributed by atoms with Gasteiger partial charge in [0.2, 0.25) is 5.91 Å². The summed E-state index contributed by atoms with van der Waals surface area (Å²) in [6, 6.07) is 5.81. The second kappa shape index (κ2) is 12.0. The fourth-order valence-electron chi connectivity index (χ4n) is 2.98. The minimum Gasteiger partial charge on any atom is -0.490 e. The Morgan fingerprint density at radius 2 is 1.93 bits per heavy atom. The summed E-state index contributed by atoms with van der Waals surface area (Å²) in [6.07, 6.45) is 4.96. The number of amides is 1. The van der Waals surface area contributed by atoms with Crippen LogP contribution in [0.4, 0.5) is 5.69 Å². The second-order valence-corrected chi connectivity index (χ2v) is 6.87. The normalized spacial score (nSPS) is 16.2. The Morgan fingerprint density at radius 1 is 1.14 bits per heavy atom. The van der Waals surface area contributed by atoms with Gasteiger partial charge in [-0.1, -0.05) is 6.42 Å². The van der Waals surface area contributed by atoms with E-state index in [0.717, 1.165) is 55.4 Å². The van der Waals surface area contributed by atoms with E-state index >= 15 is 0 Å². The summed E-state index contributed by atoms with van der Waals surface area (Å²) in [7, 11) is 0. The summed E-state index contributed by atoms with van der Waals surface area (Å²) >= 11 is 0. The summed E-state index contributed by atoms with van der Waals surface area (Å²) < 4.78 is 11.4. The van der Waals surface area contributed by atoms with Gasteiger partial charge in [-0.3, -0.25) is 9.79 Å². The second-order valence-electron chi connectivity index (χ2n) is 6.87. The Morgan fingerprint density at radius 3 is 2.64 bits per heavy atom. The van der Waals surface area contributed by atoms with Gasteiger partial charge in [0.05, 0.1) is 13.2 Å². The molecule has 3 rings (SSSR count). The van der Waals surface area contributed by atoms with Gasteiger partial charge in [0.15, 0.2) is 17.5 Å². The molecule has 1 saturated carbocycles. The number of benzene rings is 1. The lowest BCUT2D eigenvalue weighted by Crippen LogP contribution is -2.35. The lowest BCUT2D eigenvalue weighted by molar-refractivity contribution is -0.127. The number of anilines is 1. The van der Waals surface area contributed by atoms with Crippen molar-refractivity contribution in [3.05, 3.63) is 18.2 Å². The van der Waals surface area contributed by atoms with E-state index in [1.165, 1.54) is 6.42 Å². The Kier molecular flexibility index (Phi) is 9.66. The van der Waals surface area contributed by atoms with Crippen LogP contribution < -0.4 is 25.4 Å². The number of halogens is 1. The fraction of sp³-hybridized carbons (Fsp3) is 0.600. The summed E-state index contributed by atoms with van der Waals surface area (Å²) in [5.41, 5.74) is 0.900. The number of nitrogens with one attached hydrogen (secondary N) is 3. The molecule has 0 atom stereocenters. The fourth-order valence-corrected chi connectivity index (χ4v) is 2.98. The van der Waals surface area contributed by atoms with Crippen molar-refractivity contribution < 1.29 is 14.3 Å². The van der Waals surface area contributed by atoms with Gasteiger partial charge in [-0.15, -0.1) is 24.0 Å². The van der Waals surface area contributed by atoms with Crippen molar-refractivity contribution in [1.29, 1.82) is 0 Å². The summed E-state index contributed by atoms with van der Waals surface area (Å²) in [6.45, 7) is 5.46. The molecule has 1 aliphatic carbocycles. The van der Waals surface area contributed by atoms with Crippen molar-refractivity contribution in [2.24, 2.45) is 10.9 Å². The van der Waals surface area contributed by atoms with Gasteiger partial charge in [0, 0.05) is 43.7 Å². The van der Waals surface area contributed by atoms with E-state index in [4.69, 9.17) is 9.47 Å². The SMILES string of the molecule is CCNC(=NCCCNC(=O)C1CCC1)Nc1ccc2c(c1)OCCCO2.I. The van der Waals surface area contributed by atoms with Gasteiger partial charge in [-0.05, 0) is 38.3 Å². The molecule has 1 heterocycles. The first-order valence-electron chi connectivity index (χ1n) is 9.99. The van der Waals surface area contributed by atoms with Crippen LogP contribution in [0.1, 0.15) is 39.0 Å². The van der Waals surface area contributed by atoms with E-state index in [2.05, 4.69) is 20.9 Å². The van der Waals surface area contributed by atoms with E-state index in [1.54, 1.807) is 0 Å². The van der Waals surface area contributed by atoms with Crippen molar-refractivity contribution in [2.45, 2.75) is 39.0 Å². The molecular weight excluding hydrogens is 471 g/mol. The highest BCUT2D eigenvalue weighted by atomic mass is 127. The van der Waals surface area contributed by atoms with E-state index in [9.17, 15) is 4.79 Å². The molecule has 0 saturated heterocycles. The maximum absolute atomic E-state index is 11.8. The summed E-state index contributed by atoms with van der Waals surface area (Å²) in [4.78, 5) is 16.4. The number of guanidine groups is 1. The molecule has 2 aliphatic rings. The van der Waals surface area contributed by atoms with Crippen LogP contribution in [0.25, 0.3) is 0 Å². The monoisotopic (exact) mass is 502 g/mol. The molecule has 0 spiro atoms. The number of fused-ring (bicyclic) bond motifs is 1. The van der Waals surface area contributed by atoms with Gasteiger partial charge in [0.25, 0.3) is 0 Å². The molecule has 1 aromatic carbocycles. The molecule has 7 nitrogen and oxygen atoms in total. The molecule has 1 aromatic rings. The number of carbonyl (C=O) groups excluding carboxylic acids is 1. The number of hydrogen-bond donors (Lipinski definition) is 3. The smallest absolute Gasteiger partial charge is 0.223 e. The van der Waals surface area contributed by atoms with Gasteiger partial charge in [0.1, 0.15) is 0 Å². The predicted octanol–water partition coefficient (Wildman–Crippen LogP) is 3.15. The molecule has 0 aromatic heterocycles. The van der Waals surface area contributed by atoms with E-state index in [0.29, 0.717) is 26.3 Å². The molecule has 1 aliphatic heterocycles. The summed E-state index contributed by atoms with van der Waals surface area (Å²) in [5.74, 6) is 2.70. The number of aliphatic imine (C=N–C) groups is 1. The van der Waals surface area contributed by atoms with Crippen molar-refractivity contribution in [2.75, 3.05) is 38.2 Å². The topological polar surface area (TPSA) is 84.0 Å². The van der Waals surface area contributed by atoms with Crippen molar-refractivity contribution in [3.8, 4) is 11.5 Å². The average molecular weight is 502 g/mol. The van der Waals surface area contributed by atoms with Gasteiger partial charge in [-0.2, -0.15) is 0 Å². The maximum atomic E-state index is 11.8. The van der Waals surface area contributed by atoms with Crippen LogP contribution in [0.2, 0.25) is 0 Å². The first-order chi connectivity index (χ1) is 13.3. The van der Waals surface area contributed by atoms with Gasteiger partial charge < -0.3 is 25.4 Å². The van der Waals surface area contributed by atoms with Gasteiger partial charge >= 0.3 is 0 Å². The van der Waals surface area contributed by atoms with E-state index < -0.39 is 0 Å². The lowest BCUT2D eigenvalue weighted by atomic mass is 9.85. The molecule has 0 bridgehead atoms. The Bertz CT molecular complexity index is 665. The first kappa shape index (κ1) is 22.6. The van der Waals surface area contributed by atoms with Crippen molar-refractivity contribution >= 4 is 41.5 Å². The van der Waals surface area contributed by atoms with E-state index in [1.807, 2.05) is 25.1 Å². The molecule has 3 N–H and O–H groups in total. The highest BCUT2D eigenvalue weighted by Gasteiger charge is 2.24. The average Bonchev–Trinajstić information content (AvgIpc) is 2.85. The zero-order valence-electron chi connectivity index (χ0n) is 16.5. The standard InChI is InChI=1S/C20H30N4O3.HI/c1-2-21-20(23-11-4-10-22-19(25)15-6-3-7-15)24-16-8-9-17-18(14-16)27-13-5-12-26-17;/h8-9,14-15H,2-7,10-13H2,1H3,(H,22,25)(H2,21,23,24);1H. The molecule has 1 fully saturated rings. The lowest BCUT2D eigenvalue weighted by Gasteiger charge is -2.23. The molecule has 0 radical (unpaired) electrons. The highest BCUT2D eigenvalue weighted by Crippen LogP contribution is 2.32. The zero-order valence-corrected chi connectivity index (χ0v) is 18.8.